The maximum absolute atomic E-state index is 9.90. The molecule has 3 atom stereocenters. The van der Waals surface area contributed by atoms with Gasteiger partial charge in [0.2, 0.25) is 0 Å². The largest absolute Gasteiger partial charge is 0.396 e. The number of rotatable bonds is 2. The van der Waals surface area contributed by atoms with Crippen molar-refractivity contribution in [1.29, 1.82) is 0 Å². The van der Waals surface area contributed by atoms with Crippen molar-refractivity contribution in [3.8, 4) is 0 Å². The molecule has 0 saturated heterocycles. The van der Waals surface area contributed by atoms with E-state index in [0.717, 1.165) is 0 Å². The Hall–Kier alpha value is -1.73. The Bertz CT molecular complexity index is 555. The van der Waals surface area contributed by atoms with Crippen LogP contribution in [-0.2, 0) is 0 Å². The highest BCUT2D eigenvalue weighted by atomic mass is 16.3. The lowest BCUT2D eigenvalue weighted by Crippen LogP contribution is -2.44. The van der Waals surface area contributed by atoms with Gasteiger partial charge in [-0.2, -0.15) is 0 Å². The van der Waals surface area contributed by atoms with Crippen LogP contribution in [0.3, 0.4) is 0 Å². The number of aliphatic hydroxyl groups excluding tert-OH is 2. The van der Waals surface area contributed by atoms with E-state index in [9.17, 15) is 5.11 Å². The number of nitrogens with two attached hydrogens (primary N) is 1. The number of aromatic nitrogens is 4. The van der Waals surface area contributed by atoms with Gasteiger partial charge >= 0.3 is 0 Å². The maximum Gasteiger partial charge on any atom is 0.182 e. The van der Waals surface area contributed by atoms with Crippen LogP contribution in [0.1, 0.15) is 12.5 Å². The van der Waals surface area contributed by atoms with Crippen molar-refractivity contribution in [2.45, 2.75) is 18.6 Å². The fraction of sp³-hybridized carbons (Fsp3) is 0.500. The first kappa shape index (κ1) is 10.4. The van der Waals surface area contributed by atoms with Crippen molar-refractivity contribution >= 4 is 17.0 Å². The Kier molecular flexibility index (Phi) is 2.23. The van der Waals surface area contributed by atoms with Crippen molar-refractivity contribution < 1.29 is 10.2 Å². The van der Waals surface area contributed by atoms with Gasteiger partial charge in [-0.3, -0.25) is 0 Å². The summed E-state index contributed by atoms with van der Waals surface area (Å²) in [6, 6.07) is -0.106. The van der Waals surface area contributed by atoms with Gasteiger partial charge in [-0.05, 0) is 6.42 Å². The molecule has 3 rings (SSSR count). The second-order valence-electron chi connectivity index (χ2n) is 4.32. The second-order valence-corrected chi connectivity index (χ2v) is 4.32. The number of hydrogen-bond donors (Lipinski definition) is 3. The van der Waals surface area contributed by atoms with Crippen LogP contribution < -0.4 is 5.73 Å². The predicted molar refractivity (Wildman–Crippen MR) is 60.0 cm³/mol. The van der Waals surface area contributed by atoms with E-state index in [1.165, 1.54) is 6.33 Å². The van der Waals surface area contributed by atoms with Gasteiger partial charge in [-0.1, -0.05) is 0 Å². The van der Waals surface area contributed by atoms with Crippen LogP contribution in [-0.4, -0.2) is 42.4 Å². The number of nitrogens with zero attached hydrogens (tertiary/aromatic N) is 4. The molecule has 4 N–H and O–H groups in total. The summed E-state index contributed by atoms with van der Waals surface area (Å²) in [4.78, 5) is 12.1. The van der Waals surface area contributed by atoms with Crippen molar-refractivity contribution in [3.63, 3.8) is 0 Å². The van der Waals surface area contributed by atoms with E-state index in [-0.39, 0.29) is 18.6 Å². The lowest BCUT2D eigenvalue weighted by atomic mass is 9.77. The zero-order valence-electron chi connectivity index (χ0n) is 9.06. The molecule has 0 radical (unpaired) electrons. The van der Waals surface area contributed by atoms with Gasteiger partial charge in [0, 0.05) is 12.5 Å². The molecule has 2 aromatic rings. The minimum absolute atomic E-state index is 0.00369. The van der Waals surface area contributed by atoms with E-state index in [1.54, 1.807) is 10.9 Å². The molecule has 0 spiro atoms. The van der Waals surface area contributed by atoms with Crippen LogP contribution in [0.15, 0.2) is 12.7 Å². The zero-order valence-corrected chi connectivity index (χ0v) is 9.06. The third kappa shape index (κ3) is 1.39. The van der Waals surface area contributed by atoms with E-state index >= 15 is 0 Å². The van der Waals surface area contributed by atoms with Crippen LogP contribution in [0.2, 0.25) is 0 Å². The van der Waals surface area contributed by atoms with Gasteiger partial charge in [-0.15, -0.1) is 0 Å². The molecule has 7 nitrogen and oxygen atoms in total. The molecule has 7 heteroatoms. The molecule has 17 heavy (non-hydrogen) atoms. The van der Waals surface area contributed by atoms with Crippen molar-refractivity contribution in [2.24, 2.45) is 5.92 Å². The van der Waals surface area contributed by atoms with E-state index in [0.29, 0.717) is 23.4 Å². The van der Waals surface area contributed by atoms with Crippen LogP contribution in [0.5, 0.6) is 0 Å². The fourth-order valence-corrected chi connectivity index (χ4v) is 2.32. The van der Waals surface area contributed by atoms with Gasteiger partial charge in [-0.25, -0.2) is 15.0 Å². The number of anilines is 1. The Morgan fingerprint density at radius 1 is 1.41 bits per heavy atom. The smallest absolute Gasteiger partial charge is 0.182 e. The number of imidazole rings is 1. The quantitative estimate of drug-likeness (QED) is 0.636. The number of hydrogen-bond acceptors (Lipinski definition) is 6. The monoisotopic (exact) mass is 235 g/mol. The molecule has 1 fully saturated rings. The van der Waals surface area contributed by atoms with Gasteiger partial charge in [0.05, 0.1) is 18.5 Å². The third-order valence-electron chi connectivity index (χ3n) is 3.41. The normalized spacial score (nSPS) is 28.2. The first-order chi connectivity index (χ1) is 8.22. The third-order valence-corrected chi connectivity index (χ3v) is 3.41. The molecule has 0 aliphatic heterocycles. The summed E-state index contributed by atoms with van der Waals surface area (Å²) in [7, 11) is 0. The first-order valence-corrected chi connectivity index (χ1v) is 5.44. The van der Waals surface area contributed by atoms with Crippen molar-refractivity contribution in [3.05, 3.63) is 12.7 Å². The number of nitrogen functional groups attached to an aromatic ring is 1. The first-order valence-electron chi connectivity index (χ1n) is 5.44. The summed E-state index contributed by atoms with van der Waals surface area (Å²) in [5.74, 6) is 0.287. The molecule has 90 valence electrons. The van der Waals surface area contributed by atoms with Gasteiger partial charge in [0.1, 0.15) is 11.8 Å². The molecule has 1 aliphatic carbocycles. The highest BCUT2D eigenvalue weighted by Gasteiger charge is 2.41. The molecule has 1 saturated carbocycles. The maximum atomic E-state index is 9.90. The summed E-state index contributed by atoms with van der Waals surface area (Å²) in [5, 5.41) is 18.9. The summed E-state index contributed by atoms with van der Waals surface area (Å²) in [6.07, 6.45) is 3.11. The van der Waals surface area contributed by atoms with E-state index in [4.69, 9.17) is 10.8 Å². The molecule has 0 bridgehead atoms. The van der Waals surface area contributed by atoms with Crippen molar-refractivity contribution in [2.75, 3.05) is 12.3 Å². The Morgan fingerprint density at radius 3 is 2.94 bits per heavy atom. The number of fused-ring (bicyclic) bond motifs is 1. The Balaban J connectivity index is 2.02. The highest BCUT2D eigenvalue weighted by Crippen LogP contribution is 2.39. The summed E-state index contributed by atoms with van der Waals surface area (Å²) in [6.45, 7) is -0.00369. The zero-order chi connectivity index (χ0) is 12.0. The van der Waals surface area contributed by atoms with Gasteiger partial charge in [0.15, 0.2) is 11.5 Å². The van der Waals surface area contributed by atoms with Crippen LogP contribution >= 0.6 is 0 Å². The number of aliphatic hydroxyl groups is 2. The fourth-order valence-electron chi connectivity index (χ4n) is 2.32. The molecular formula is C10H13N5O2. The topological polar surface area (TPSA) is 110 Å². The van der Waals surface area contributed by atoms with Gasteiger partial charge < -0.3 is 20.5 Å². The molecule has 3 unspecified atom stereocenters. The molecule has 2 aromatic heterocycles. The minimum atomic E-state index is -0.572. The molecule has 1 aliphatic rings. The molecule has 2 heterocycles. The highest BCUT2D eigenvalue weighted by molar-refractivity contribution is 5.81. The standard InChI is InChI=1S/C10H13N5O2/c11-9-7-10(13-3-12-9)14-4-15(7)6-1-5(2-16)8(6)17/h3-6,8,16-17H,1-2H2,(H2,11,12,13). The molecular weight excluding hydrogens is 222 g/mol. The van der Waals surface area contributed by atoms with Crippen LogP contribution in [0, 0.1) is 5.92 Å². The summed E-state index contributed by atoms with van der Waals surface area (Å²) < 4.78 is 1.79. The van der Waals surface area contributed by atoms with E-state index in [2.05, 4.69) is 15.0 Å². The van der Waals surface area contributed by atoms with Gasteiger partial charge in [0.25, 0.3) is 0 Å². The predicted octanol–water partition coefficient (Wildman–Crippen LogP) is -0.677. The van der Waals surface area contributed by atoms with E-state index < -0.39 is 6.10 Å². The average Bonchev–Trinajstić information content (AvgIpc) is 2.73. The average molecular weight is 235 g/mol. The van der Waals surface area contributed by atoms with E-state index in [1.807, 2.05) is 0 Å². The summed E-state index contributed by atoms with van der Waals surface area (Å²) in [5.41, 5.74) is 6.96. The summed E-state index contributed by atoms with van der Waals surface area (Å²) >= 11 is 0. The van der Waals surface area contributed by atoms with Crippen molar-refractivity contribution in [1.82, 2.24) is 19.5 Å². The second kappa shape index (κ2) is 3.64. The molecule has 0 aromatic carbocycles. The Labute approximate surface area is 96.9 Å². The Morgan fingerprint density at radius 2 is 2.24 bits per heavy atom. The lowest BCUT2D eigenvalue weighted by Gasteiger charge is -2.41. The SMILES string of the molecule is Nc1ncnc2ncn(C3CC(CO)C3O)c12. The lowest BCUT2D eigenvalue weighted by molar-refractivity contribution is -0.0548. The van der Waals surface area contributed by atoms with Crippen LogP contribution in [0.4, 0.5) is 5.82 Å². The molecule has 0 amide bonds. The minimum Gasteiger partial charge on any atom is -0.396 e. The van der Waals surface area contributed by atoms with Crippen LogP contribution in [0.25, 0.3) is 11.2 Å².